The fraction of sp³-hybridized carbons (Fsp3) is 0.280. The average Bonchev–Trinajstić information content (AvgIpc) is 2.82. The maximum absolute atomic E-state index is 9.75. The second-order valence-electron chi connectivity index (χ2n) is 7.59. The lowest BCUT2D eigenvalue weighted by Crippen LogP contribution is -2.36. The van der Waals surface area contributed by atoms with E-state index in [1.54, 1.807) is 12.4 Å². The number of morpholine rings is 1. The van der Waals surface area contributed by atoms with Crippen LogP contribution in [0.5, 0.6) is 0 Å². The Morgan fingerprint density at radius 3 is 2.40 bits per heavy atom. The SMILES string of the molecule is Cc1ccccc1C(C/C(=N/O)c1ccncc1)c1ccc(N2CCOCC2)cc1. The van der Waals surface area contributed by atoms with Gasteiger partial charge in [-0.2, -0.15) is 0 Å². The van der Waals surface area contributed by atoms with Crippen LogP contribution in [0.3, 0.4) is 0 Å². The van der Waals surface area contributed by atoms with Gasteiger partial charge in [-0.1, -0.05) is 41.6 Å². The minimum atomic E-state index is 0.0870. The van der Waals surface area contributed by atoms with Crippen LogP contribution in [0.1, 0.15) is 34.6 Å². The molecule has 5 nitrogen and oxygen atoms in total. The Morgan fingerprint density at radius 1 is 1.03 bits per heavy atom. The molecule has 1 aromatic heterocycles. The molecule has 154 valence electrons. The highest BCUT2D eigenvalue weighted by Crippen LogP contribution is 2.33. The van der Waals surface area contributed by atoms with E-state index in [1.807, 2.05) is 12.1 Å². The van der Waals surface area contributed by atoms with Gasteiger partial charge in [0.2, 0.25) is 0 Å². The first-order valence-corrected chi connectivity index (χ1v) is 10.4. The van der Waals surface area contributed by atoms with Crippen molar-refractivity contribution in [1.82, 2.24) is 4.98 Å². The van der Waals surface area contributed by atoms with E-state index in [2.05, 4.69) is 70.5 Å². The van der Waals surface area contributed by atoms with Gasteiger partial charge in [0.15, 0.2) is 0 Å². The average molecular weight is 402 g/mol. The Bertz CT molecular complexity index is 981. The van der Waals surface area contributed by atoms with E-state index in [9.17, 15) is 5.21 Å². The number of hydrogen-bond acceptors (Lipinski definition) is 5. The van der Waals surface area contributed by atoms with E-state index in [0.717, 1.165) is 31.9 Å². The third-order valence-corrected chi connectivity index (χ3v) is 5.77. The van der Waals surface area contributed by atoms with Gasteiger partial charge in [-0.25, -0.2) is 0 Å². The number of nitrogens with zero attached hydrogens (tertiary/aromatic N) is 3. The number of oxime groups is 1. The summed E-state index contributed by atoms with van der Waals surface area (Å²) in [5.41, 5.74) is 6.44. The van der Waals surface area contributed by atoms with Crippen molar-refractivity contribution in [3.8, 4) is 0 Å². The molecule has 1 atom stereocenters. The molecule has 1 N–H and O–H groups in total. The number of anilines is 1. The van der Waals surface area contributed by atoms with Crippen molar-refractivity contribution >= 4 is 11.4 Å². The maximum Gasteiger partial charge on any atom is 0.0878 e. The molecule has 0 amide bonds. The quantitative estimate of drug-likeness (QED) is 0.372. The second kappa shape index (κ2) is 9.55. The number of ether oxygens (including phenoxy) is 1. The monoisotopic (exact) mass is 401 g/mol. The number of rotatable bonds is 6. The van der Waals surface area contributed by atoms with Crippen molar-refractivity contribution in [3.05, 3.63) is 95.3 Å². The molecule has 4 rings (SSSR count). The summed E-state index contributed by atoms with van der Waals surface area (Å²) in [6.45, 7) is 5.52. The lowest BCUT2D eigenvalue weighted by Gasteiger charge is -2.29. The van der Waals surface area contributed by atoms with Gasteiger partial charge in [-0.3, -0.25) is 4.98 Å². The van der Waals surface area contributed by atoms with Crippen LogP contribution in [0.2, 0.25) is 0 Å². The molecule has 0 radical (unpaired) electrons. The Balaban J connectivity index is 1.66. The summed E-state index contributed by atoms with van der Waals surface area (Å²) >= 11 is 0. The minimum absolute atomic E-state index is 0.0870. The van der Waals surface area contributed by atoms with E-state index in [-0.39, 0.29) is 5.92 Å². The van der Waals surface area contributed by atoms with Crippen LogP contribution < -0.4 is 4.90 Å². The second-order valence-corrected chi connectivity index (χ2v) is 7.59. The number of aromatic nitrogens is 1. The van der Waals surface area contributed by atoms with Crippen LogP contribution in [0.15, 0.2) is 78.2 Å². The Kier molecular flexibility index (Phi) is 6.40. The van der Waals surface area contributed by atoms with Gasteiger partial charge >= 0.3 is 0 Å². The van der Waals surface area contributed by atoms with E-state index >= 15 is 0 Å². The molecule has 1 saturated heterocycles. The van der Waals surface area contributed by atoms with Crippen molar-refractivity contribution in [2.24, 2.45) is 5.16 Å². The Hall–Kier alpha value is -3.18. The van der Waals surface area contributed by atoms with Crippen LogP contribution >= 0.6 is 0 Å². The lowest BCUT2D eigenvalue weighted by atomic mass is 9.83. The van der Waals surface area contributed by atoms with Crippen LogP contribution in [-0.2, 0) is 4.74 Å². The molecular formula is C25H27N3O2. The van der Waals surface area contributed by atoms with Gasteiger partial charge in [-0.05, 0) is 47.9 Å². The van der Waals surface area contributed by atoms with Crippen LogP contribution in [0, 0.1) is 6.92 Å². The molecular weight excluding hydrogens is 374 g/mol. The number of hydrogen-bond donors (Lipinski definition) is 1. The molecule has 5 heteroatoms. The van der Waals surface area contributed by atoms with E-state index in [0.29, 0.717) is 12.1 Å². The first-order valence-electron chi connectivity index (χ1n) is 10.4. The van der Waals surface area contributed by atoms with Crippen molar-refractivity contribution in [2.75, 3.05) is 31.2 Å². The van der Waals surface area contributed by atoms with E-state index in [1.165, 1.54) is 22.4 Å². The van der Waals surface area contributed by atoms with Crippen LogP contribution in [0.4, 0.5) is 5.69 Å². The topological polar surface area (TPSA) is 58.0 Å². The van der Waals surface area contributed by atoms with Crippen molar-refractivity contribution < 1.29 is 9.94 Å². The molecule has 0 saturated carbocycles. The molecule has 1 aliphatic rings. The lowest BCUT2D eigenvalue weighted by molar-refractivity contribution is 0.122. The van der Waals surface area contributed by atoms with Crippen molar-refractivity contribution in [2.45, 2.75) is 19.3 Å². The van der Waals surface area contributed by atoms with Gasteiger partial charge in [0.1, 0.15) is 0 Å². The van der Waals surface area contributed by atoms with Crippen LogP contribution in [0.25, 0.3) is 0 Å². The summed E-state index contributed by atoms with van der Waals surface area (Å²) in [7, 11) is 0. The molecule has 3 aromatic rings. The molecule has 1 aliphatic heterocycles. The van der Waals surface area contributed by atoms with Gasteiger partial charge in [0, 0.05) is 49.1 Å². The normalized spacial score (nSPS) is 15.8. The van der Waals surface area contributed by atoms with Gasteiger partial charge in [0.25, 0.3) is 0 Å². The molecule has 2 aromatic carbocycles. The summed E-state index contributed by atoms with van der Waals surface area (Å²) in [5.74, 6) is 0.0870. The van der Waals surface area contributed by atoms with Gasteiger partial charge in [-0.15, -0.1) is 0 Å². The van der Waals surface area contributed by atoms with Crippen molar-refractivity contribution in [1.29, 1.82) is 0 Å². The van der Waals surface area contributed by atoms with E-state index < -0.39 is 0 Å². The van der Waals surface area contributed by atoms with Gasteiger partial charge in [0.05, 0.1) is 18.9 Å². The van der Waals surface area contributed by atoms with Crippen molar-refractivity contribution in [3.63, 3.8) is 0 Å². The zero-order valence-corrected chi connectivity index (χ0v) is 17.2. The molecule has 1 unspecified atom stereocenters. The molecule has 1 fully saturated rings. The fourth-order valence-electron chi connectivity index (χ4n) is 4.08. The molecule has 0 spiro atoms. The highest BCUT2D eigenvalue weighted by Gasteiger charge is 2.21. The summed E-state index contributed by atoms with van der Waals surface area (Å²) in [6, 6.07) is 21.0. The predicted octanol–water partition coefficient (Wildman–Crippen LogP) is 4.63. The number of pyridine rings is 1. The summed E-state index contributed by atoms with van der Waals surface area (Å²) in [6.07, 6.45) is 4.04. The minimum Gasteiger partial charge on any atom is -0.411 e. The van der Waals surface area contributed by atoms with E-state index in [4.69, 9.17) is 4.74 Å². The standard InChI is InChI=1S/C25H27N3O2/c1-19-4-2-3-5-23(19)24(18-25(27-29)21-10-12-26-13-11-21)20-6-8-22(9-7-20)28-14-16-30-17-15-28/h2-13,24,29H,14-18H2,1H3/b27-25-. The highest BCUT2D eigenvalue weighted by atomic mass is 16.5. The maximum atomic E-state index is 9.75. The number of aryl methyl sites for hydroxylation is 1. The summed E-state index contributed by atoms with van der Waals surface area (Å²) in [5, 5.41) is 13.4. The van der Waals surface area contributed by atoms with Gasteiger partial charge < -0.3 is 14.8 Å². The predicted molar refractivity (Wildman–Crippen MR) is 120 cm³/mol. The Morgan fingerprint density at radius 2 is 1.73 bits per heavy atom. The first kappa shape index (κ1) is 20.1. The molecule has 0 aliphatic carbocycles. The zero-order valence-electron chi connectivity index (χ0n) is 17.2. The zero-order chi connectivity index (χ0) is 20.8. The molecule has 0 bridgehead atoms. The fourth-order valence-corrected chi connectivity index (χ4v) is 4.08. The smallest absolute Gasteiger partial charge is 0.0878 e. The Labute approximate surface area is 177 Å². The third kappa shape index (κ3) is 4.52. The number of benzene rings is 2. The highest BCUT2D eigenvalue weighted by molar-refractivity contribution is 6.00. The largest absolute Gasteiger partial charge is 0.411 e. The molecule has 30 heavy (non-hydrogen) atoms. The molecule has 2 heterocycles. The first-order chi connectivity index (χ1) is 14.8. The van der Waals surface area contributed by atoms with Crippen LogP contribution in [-0.4, -0.2) is 42.2 Å². The summed E-state index contributed by atoms with van der Waals surface area (Å²) in [4.78, 5) is 6.43. The summed E-state index contributed by atoms with van der Waals surface area (Å²) < 4.78 is 5.47. The third-order valence-electron chi connectivity index (χ3n) is 5.77.